The highest BCUT2D eigenvalue weighted by Gasteiger charge is 2.45. The molecule has 0 aromatic heterocycles. The van der Waals surface area contributed by atoms with Crippen LogP contribution in [0, 0.1) is 0 Å². The Morgan fingerprint density at radius 3 is 1.24 bits per heavy atom. The molecule has 0 atom stereocenters. The van der Waals surface area contributed by atoms with Gasteiger partial charge in [0.2, 0.25) is 0 Å². The second-order valence-electron chi connectivity index (χ2n) is 9.22. The van der Waals surface area contributed by atoms with Crippen LogP contribution in [0.25, 0.3) is 0 Å². The third kappa shape index (κ3) is 9.51. The monoisotopic (exact) mass is 426 g/mol. The molecule has 1 aromatic carbocycles. The fourth-order valence-corrected chi connectivity index (χ4v) is 5.46. The molecule has 0 fully saturated rings. The standard InChI is InChI=1S/C23H42O5Si/c1-10-13-24-29(25-14-11-2,26-15-12-3)21-17-19(27-22(4,5)6)16-20(18-21)28-23(7,8)9/h16-18H,10-15H2,1-9H3. The Hall–Kier alpha value is -1.08. The fraction of sp³-hybridized carbons (Fsp3) is 0.739. The minimum Gasteiger partial charge on any atom is -0.488 e. The summed E-state index contributed by atoms with van der Waals surface area (Å²) >= 11 is 0. The van der Waals surface area contributed by atoms with E-state index in [2.05, 4.69) is 20.8 Å². The minimum absolute atomic E-state index is 0.333. The van der Waals surface area contributed by atoms with Crippen LogP contribution in [0.1, 0.15) is 81.6 Å². The van der Waals surface area contributed by atoms with Crippen LogP contribution in [0.3, 0.4) is 0 Å². The van der Waals surface area contributed by atoms with Crippen molar-refractivity contribution in [3.8, 4) is 11.5 Å². The third-order valence-corrected chi connectivity index (χ3v) is 6.32. The van der Waals surface area contributed by atoms with E-state index >= 15 is 0 Å². The molecule has 0 heterocycles. The summed E-state index contributed by atoms with van der Waals surface area (Å²) in [5.41, 5.74) is -0.665. The molecular weight excluding hydrogens is 384 g/mol. The third-order valence-electron chi connectivity index (χ3n) is 3.57. The van der Waals surface area contributed by atoms with Gasteiger partial charge < -0.3 is 22.8 Å². The molecule has 1 aromatic rings. The van der Waals surface area contributed by atoms with Crippen molar-refractivity contribution in [2.75, 3.05) is 19.8 Å². The molecule has 0 unspecified atom stereocenters. The molecule has 0 bridgehead atoms. The van der Waals surface area contributed by atoms with Crippen molar-refractivity contribution in [1.82, 2.24) is 0 Å². The van der Waals surface area contributed by atoms with Gasteiger partial charge in [0, 0.05) is 31.1 Å². The van der Waals surface area contributed by atoms with E-state index in [1.807, 2.05) is 59.7 Å². The van der Waals surface area contributed by atoms with Gasteiger partial charge >= 0.3 is 8.80 Å². The average Bonchev–Trinajstić information content (AvgIpc) is 2.58. The molecule has 0 saturated carbocycles. The summed E-state index contributed by atoms with van der Waals surface area (Å²) in [7, 11) is -3.11. The Labute approximate surface area is 179 Å². The molecule has 0 spiro atoms. The van der Waals surface area contributed by atoms with E-state index in [0.29, 0.717) is 19.8 Å². The number of hydrogen-bond acceptors (Lipinski definition) is 5. The van der Waals surface area contributed by atoms with E-state index in [9.17, 15) is 0 Å². The maximum Gasteiger partial charge on any atom is 0.537 e. The van der Waals surface area contributed by atoms with E-state index < -0.39 is 8.80 Å². The van der Waals surface area contributed by atoms with E-state index in [0.717, 1.165) is 35.9 Å². The van der Waals surface area contributed by atoms with Gasteiger partial charge in [-0.2, -0.15) is 0 Å². The van der Waals surface area contributed by atoms with Crippen LogP contribution < -0.4 is 14.7 Å². The van der Waals surface area contributed by atoms with Crippen LogP contribution in [-0.4, -0.2) is 39.8 Å². The zero-order valence-corrected chi connectivity index (χ0v) is 21.0. The van der Waals surface area contributed by atoms with Crippen LogP contribution in [0.5, 0.6) is 11.5 Å². The molecule has 0 N–H and O–H groups in total. The van der Waals surface area contributed by atoms with Crippen molar-refractivity contribution in [2.24, 2.45) is 0 Å². The highest BCUT2D eigenvalue weighted by atomic mass is 28.4. The zero-order valence-electron chi connectivity index (χ0n) is 20.0. The van der Waals surface area contributed by atoms with Gasteiger partial charge in [0.05, 0.1) is 0 Å². The van der Waals surface area contributed by atoms with Crippen molar-refractivity contribution in [3.63, 3.8) is 0 Å². The summed E-state index contributed by atoms with van der Waals surface area (Å²) in [5, 5.41) is 0.883. The molecule has 0 radical (unpaired) electrons. The maximum absolute atomic E-state index is 6.32. The largest absolute Gasteiger partial charge is 0.537 e. The predicted molar refractivity (Wildman–Crippen MR) is 121 cm³/mol. The van der Waals surface area contributed by atoms with Crippen molar-refractivity contribution in [1.29, 1.82) is 0 Å². The second kappa shape index (κ2) is 11.3. The predicted octanol–water partition coefficient (Wildman–Crippen LogP) is 5.47. The molecule has 0 amide bonds. The van der Waals surface area contributed by atoms with Gasteiger partial charge in [0.1, 0.15) is 22.7 Å². The van der Waals surface area contributed by atoms with Crippen LogP contribution in [-0.2, 0) is 13.3 Å². The van der Waals surface area contributed by atoms with Gasteiger partial charge in [-0.1, -0.05) is 20.8 Å². The van der Waals surface area contributed by atoms with Crippen LogP contribution in [0.2, 0.25) is 0 Å². The molecule has 0 aliphatic rings. The Balaban J connectivity index is 3.51. The Morgan fingerprint density at radius 2 is 0.966 bits per heavy atom. The molecule has 0 saturated heterocycles. The Kier molecular flexibility index (Phi) is 10.2. The first-order valence-corrected chi connectivity index (χ1v) is 12.6. The quantitative estimate of drug-likeness (QED) is 0.415. The summed E-state index contributed by atoms with van der Waals surface area (Å²) in [6, 6.07) is 5.92. The van der Waals surface area contributed by atoms with Crippen molar-refractivity contribution in [3.05, 3.63) is 18.2 Å². The van der Waals surface area contributed by atoms with Crippen molar-refractivity contribution in [2.45, 2.75) is 92.8 Å². The topological polar surface area (TPSA) is 46.2 Å². The molecule has 6 heteroatoms. The van der Waals surface area contributed by atoms with Gasteiger partial charge in [-0.05, 0) is 72.9 Å². The fourth-order valence-electron chi connectivity index (χ4n) is 2.66. The number of rotatable bonds is 12. The molecule has 29 heavy (non-hydrogen) atoms. The minimum atomic E-state index is -3.11. The first-order chi connectivity index (χ1) is 13.4. The highest BCUT2D eigenvalue weighted by molar-refractivity contribution is 6.75. The highest BCUT2D eigenvalue weighted by Crippen LogP contribution is 2.27. The van der Waals surface area contributed by atoms with Gasteiger partial charge in [0.15, 0.2) is 0 Å². The zero-order chi connectivity index (χ0) is 22.1. The number of hydrogen-bond donors (Lipinski definition) is 0. The van der Waals surface area contributed by atoms with E-state index in [4.69, 9.17) is 22.8 Å². The van der Waals surface area contributed by atoms with Crippen molar-refractivity contribution < 1.29 is 22.8 Å². The molecule has 0 aliphatic heterocycles. The lowest BCUT2D eigenvalue weighted by atomic mass is 10.2. The Morgan fingerprint density at radius 1 is 0.621 bits per heavy atom. The van der Waals surface area contributed by atoms with E-state index in [-0.39, 0.29) is 11.2 Å². The number of benzene rings is 1. The lowest BCUT2D eigenvalue weighted by Crippen LogP contribution is -2.57. The van der Waals surface area contributed by atoms with Crippen LogP contribution in [0.4, 0.5) is 0 Å². The average molecular weight is 427 g/mol. The van der Waals surface area contributed by atoms with E-state index in [1.54, 1.807) is 0 Å². The summed E-state index contributed by atoms with van der Waals surface area (Å²) < 4.78 is 31.3. The summed E-state index contributed by atoms with van der Waals surface area (Å²) in [6.45, 7) is 20.2. The smallest absolute Gasteiger partial charge is 0.488 e. The Bertz CT molecular complexity index is 548. The first-order valence-electron chi connectivity index (χ1n) is 10.9. The van der Waals surface area contributed by atoms with Gasteiger partial charge in [-0.15, -0.1) is 0 Å². The van der Waals surface area contributed by atoms with Crippen LogP contribution >= 0.6 is 0 Å². The number of ether oxygens (including phenoxy) is 2. The summed E-state index contributed by atoms with van der Waals surface area (Å²) in [6.07, 6.45) is 2.68. The van der Waals surface area contributed by atoms with Crippen molar-refractivity contribution >= 4 is 14.0 Å². The molecular formula is C23H42O5Si. The SMILES string of the molecule is CCCO[Si](OCCC)(OCCC)c1cc(OC(C)(C)C)cc(OC(C)(C)C)c1. The lowest BCUT2D eigenvalue weighted by Gasteiger charge is -2.31. The normalized spacial score (nSPS) is 12.9. The lowest BCUT2D eigenvalue weighted by molar-refractivity contribution is 0.0725. The molecule has 5 nitrogen and oxygen atoms in total. The van der Waals surface area contributed by atoms with Gasteiger partial charge in [-0.3, -0.25) is 0 Å². The first kappa shape index (κ1) is 26.0. The summed E-state index contributed by atoms with van der Waals surface area (Å²) in [5.74, 6) is 1.46. The van der Waals surface area contributed by atoms with Gasteiger partial charge in [0.25, 0.3) is 0 Å². The molecule has 0 aliphatic carbocycles. The second-order valence-corrected chi connectivity index (χ2v) is 11.8. The summed E-state index contributed by atoms with van der Waals surface area (Å²) in [4.78, 5) is 0. The van der Waals surface area contributed by atoms with Crippen LogP contribution in [0.15, 0.2) is 18.2 Å². The van der Waals surface area contributed by atoms with Gasteiger partial charge in [-0.25, -0.2) is 0 Å². The maximum atomic E-state index is 6.32. The molecule has 1 rings (SSSR count). The molecule has 168 valence electrons. The van der Waals surface area contributed by atoms with E-state index in [1.165, 1.54) is 0 Å².